The summed E-state index contributed by atoms with van der Waals surface area (Å²) in [6, 6.07) is 1.99. The highest BCUT2D eigenvalue weighted by atomic mass is 16.5. The molecule has 0 aromatic rings. The summed E-state index contributed by atoms with van der Waals surface area (Å²) >= 11 is 0. The van der Waals surface area contributed by atoms with Crippen molar-refractivity contribution in [3.05, 3.63) is 0 Å². The molecule has 1 heterocycles. The fraction of sp³-hybridized carbons (Fsp3) is 0.800. The van der Waals surface area contributed by atoms with Gasteiger partial charge in [0.2, 0.25) is 0 Å². The molecule has 0 aromatic heterocycles. The van der Waals surface area contributed by atoms with Gasteiger partial charge in [-0.1, -0.05) is 6.92 Å². The van der Waals surface area contributed by atoms with Crippen LogP contribution in [0.25, 0.3) is 0 Å². The van der Waals surface area contributed by atoms with Gasteiger partial charge in [0.1, 0.15) is 6.10 Å². The van der Waals surface area contributed by atoms with Crippen LogP contribution < -0.4 is 10.6 Å². The smallest absolute Gasteiger partial charge is 0.250 e. The molecule has 84 valence electrons. The van der Waals surface area contributed by atoms with Gasteiger partial charge in [-0.25, -0.2) is 0 Å². The van der Waals surface area contributed by atoms with E-state index in [-0.39, 0.29) is 11.9 Å². The SMILES string of the molecule is CCC(CC#N)NC(=O)C1CNCCO1. The lowest BCUT2D eigenvalue weighted by atomic mass is 10.1. The number of rotatable bonds is 4. The third-order valence-electron chi connectivity index (χ3n) is 2.40. The maximum Gasteiger partial charge on any atom is 0.250 e. The molecular weight excluding hydrogens is 194 g/mol. The van der Waals surface area contributed by atoms with Gasteiger partial charge in [-0.15, -0.1) is 0 Å². The Morgan fingerprint density at radius 1 is 1.80 bits per heavy atom. The summed E-state index contributed by atoms with van der Waals surface area (Å²) in [5.41, 5.74) is 0. The minimum atomic E-state index is -0.411. The maximum atomic E-state index is 11.7. The summed E-state index contributed by atoms with van der Waals surface area (Å²) in [4.78, 5) is 11.7. The van der Waals surface area contributed by atoms with Gasteiger partial charge in [0.05, 0.1) is 19.1 Å². The fourth-order valence-corrected chi connectivity index (χ4v) is 1.44. The van der Waals surface area contributed by atoms with Gasteiger partial charge in [0.25, 0.3) is 5.91 Å². The predicted octanol–water partition coefficient (Wildman–Crippen LogP) is -0.217. The second-order valence-electron chi connectivity index (χ2n) is 3.54. The monoisotopic (exact) mass is 211 g/mol. The fourth-order valence-electron chi connectivity index (χ4n) is 1.44. The molecule has 1 aliphatic heterocycles. The van der Waals surface area contributed by atoms with Gasteiger partial charge in [0.15, 0.2) is 0 Å². The third kappa shape index (κ3) is 3.86. The normalized spacial score (nSPS) is 22.8. The van der Waals surface area contributed by atoms with Gasteiger partial charge in [0, 0.05) is 19.1 Å². The van der Waals surface area contributed by atoms with Gasteiger partial charge in [-0.3, -0.25) is 4.79 Å². The van der Waals surface area contributed by atoms with E-state index in [4.69, 9.17) is 10.00 Å². The minimum absolute atomic E-state index is 0.0620. The van der Waals surface area contributed by atoms with Crippen molar-refractivity contribution in [1.82, 2.24) is 10.6 Å². The largest absolute Gasteiger partial charge is 0.366 e. The Labute approximate surface area is 89.8 Å². The number of nitrogens with zero attached hydrogens (tertiary/aromatic N) is 1. The summed E-state index contributed by atoms with van der Waals surface area (Å²) in [7, 11) is 0. The van der Waals surface area contributed by atoms with Gasteiger partial charge >= 0.3 is 0 Å². The zero-order valence-electron chi connectivity index (χ0n) is 8.95. The summed E-state index contributed by atoms with van der Waals surface area (Å²) in [5.74, 6) is -0.121. The molecule has 1 rings (SSSR count). The molecule has 1 aliphatic rings. The van der Waals surface area contributed by atoms with E-state index in [1.165, 1.54) is 0 Å². The quantitative estimate of drug-likeness (QED) is 0.674. The molecule has 15 heavy (non-hydrogen) atoms. The van der Waals surface area contributed by atoms with Crippen molar-refractivity contribution in [2.24, 2.45) is 0 Å². The minimum Gasteiger partial charge on any atom is -0.366 e. The van der Waals surface area contributed by atoms with Crippen molar-refractivity contribution in [2.45, 2.75) is 31.9 Å². The van der Waals surface area contributed by atoms with Crippen molar-refractivity contribution in [3.8, 4) is 6.07 Å². The molecule has 2 atom stereocenters. The van der Waals surface area contributed by atoms with Crippen LogP contribution in [0.2, 0.25) is 0 Å². The van der Waals surface area contributed by atoms with E-state index >= 15 is 0 Å². The van der Waals surface area contributed by atoms with Crippen molar-refractivity contribution in [1.29, 1.82) is 5.26 Å². The summed E-state index contributed by atoms with van der Waals surface area (Å²) in [6.07, 6.45) is 0.702. The molecule has 0 spiro atoms. The summed E-state index contributed by atoms with van der Waals surface area (Å²) in [5, 5.41) is 14.4. The number of ether oxygens (including phenoxy) is 1. The van der Waals surface area contributed by atoms with E-state index in [1.54, 1.807) is 0 Å². The average Bonchev–Trinajstić information content (AvgIpc) is 2.29. The summed E-state index contributed by atoms with van der Waals surface area (Å²) < 4.78 is 5.31. The Balaban J connectivity index is 2.35. The van der Waals surface area contributed by atoms with Gasteiger partial charge in [-0.05, 0) is 6.42 Å². The van der Waals surface area contributed by atoms with Crippen molar-refractivity contribution in [3.63, 3.8) is 0 Å². The van der Waals surface area contributed by atoms with E-state index < -0.39 is 6.10 Å². The number of carbonyl (C=O) groups excluding carboxylic acids is 1. The molecule has 2 unspecified atom stereocenters. The van der Waals surface area contributed by atoms with Gasteiger partial charge in [-0.2, -0.15) is 5.26 Å². The Morgan fingerprint density at radius 3 is 3.13 bits per heavy atom. The topological polar surface area (TPSA) is 74.2 Å². The maximum absolute atomic E-state index is 11.7. The van der Waals surface area contributed by atoms with Crippen LogP contribution in [0.4, 0.5) is 0 Å². The lowest BCUT2D eigenvalue weighted by molar-refractivity contribution is -0.134. The molecule has 0 aliphatic carbocycles. The number of amides is 1. The van der Waals surface area contributed by atoms with Crippen LogP contribution in [0.1, 0.15) is 19.8 Å². The van der Waals surface area contributed by atoms with E-state index in [2.05, 4.69) is 16.7 Å². The standard InChI is InChI=1S/C10H17N3O2/c1-2-8(3-4-11)13-10(14)9-7-12-5-6-15-9/h8-9,12H,2-3,5-7H2,1H3,(H,13,14). The van der Waals surface area contributed by atoms with Crippen LogP contribution in [0, 0.1) is 11.3 Å². The first-order valence-electron chi connectivity index (χ1n) is 5.27. The molecule has 1 fully saturated rings. The van der Waals surface area contributed by atoms with Crippen LogP contribution in [-0.2, 0) is 9.53 Å². The zero-order valence-corrected chi connectivity index (χ0v) is 8.95. The van der Waals surface area contributed by atoms with E-state index in [9.17, 15) is 4.79 Å². The number of nitrogens with one attached hydrogen (secondary N) is 2. The number of nitriles is 1. The molecule has 0 aromatic carbocycles. The van der Waals surface area contributed by atoms with Crippen LogP contribution in [-0.4, -0.2) is 37.7 Å². The molecular formula is C10H17N3O2. The van der Waals surface area contributed by atoms with Crippen molar-refractivity contribution in [2.75, 3.05) is 19.7 Å². The molecule has 1 saturated heterocycles. The first kappa shape index (κ1) is 12.0. The molecule has 0 saturated carbocycles. The molecule has 5 heteroatoms. The average molecular weight is 211 g/mol. The highest BCUT2D eigenvalue weighted by Gasteiger charge is 2.23. The van der Waals surface area contributed by atoms with E-state index in [1.807, 2.05) is 6.92 Å². The van der Waals surface area contributed by atoms with Crippen molar-refractivity contribution >= 4 is 5.91 Å². The summed E-state index contributed by atoms with van der Waals surface area (Å²) in [6.45, 7) is 3.85. The first-order valence-corrected chi connectivity index (χ1v) is 5.27. The van der Waals surface area contributed by atoms with Crippen LogP contribution in [0.3, 0.4) is 0 Å². The molecule has 5 nitrogen and oxygen atoms in total. The number of hydrogen-bond acceptors (Lipinski definition) is 4. The Bertz CT molecular complexity index is 244. The van der Waals surface area contributed by atoms with Crippen LogP contribution in [0.15, 0.2) is 0 Å². The Morgan fingerprint density at radius 2 is 2.60 bits per heavy atom. The van der Waals surface area contributed by atoms with E-state index in [0.717, 1.165) is 13.0 Å². The van der Waals surface area contributed by atoms with Crippen LogP contribution >= 0.6 is 0 Å². The van der Waals surface area contributed by atoms with Gasteiger partial charge < -0.3 is 15.4 Å². The Hall–Kier alpha value is -1.12. The number of morpholine rings is 1. The lowest BCUT2D eigenvalue weighted by Gasteiger charge is -2.24. The Kier molecular flexibility index (Phi) is 5.08. The molecule has 0 radical (unpaired) electrons. The number of hydrogen-bond donors (Lipinski definition) is 2. The number of carbonyl (C=O) groups is 1. The highest BCUT2D eigenvalue weighted by molar-refractivity contribution is 5.81. The van der Waals surface area contributed by atoms with Crippen molar-refractivity contribution < 1.29 is 9.53 Å². The second-order valence-corrected chi connectivity index (χ2v) is 3.54. The van der Waals surface area contributed by atoms with E-state index in [0.29, 0.717) is 19.6 Å². The zero-order chi connectivity index (χ0) is 11.1. The molecule has 2 N–H and O–H groups in total. The molecule has 0 bridgehead atoms. The third-order valence-corrected chi connectivity index (χ3v) is 2.40. The van der Waals surface area contributed by atoms with Crippen LogP contribution in [0.5, 0.6) is 0 Å². The lowest BCUT2D eigenvalue weighted by Crippen LogP contribution is -2.50. The predicted molar refractivity (Wildman–Crippen MR) is 55.1 cm³/mol. The highest BCUT2D eigenvalue weighted by Crippen LogP contribution is 2.00. The first-order chi connectivity index (χ1) is 7.27. The molecule has 1 amide bonds. The second kappa shape index (κ2) is 6.38.